The first-order valence-electron chi connectivity index (χ1n) is 7.49. The number of nitrogens with zero attached hydrogens (tertiary/aromatic N) is 1. The Morgan fingerprint density at radius 3 is 2.58 bits per heavy atom. The summed E-state index contributed by atoms with van der Waals surface area (Å²) < 4.78 is 5.46. The maximum absolute atomic E-state index is 12.4. The van der Waals surface area contributed by atoms with Crippen LogP contribution < -0.4 is 10.6 Å². The number of fused-ring (bicyclic) bond motifs is 1. The van der Waals surface area contributed by atoms with Crippen LogP contribution in [0.15, 0.2) is 40.8 Å². The van der Waals surface area contributed by atoms with Crippen LogP contribution in [0.25, 0.3) is 11.1 Å². The van der Waals surface area contributed by atoms with Crippen LogP contribution in [-0.2, 0) is 4.79 Å². The fourth-order valence-electron chi connectivity index (χ4n) is 2.41. The zero-order chi connectivity index (χ0) is 17.3. The Labute approximate surface area is 138 Å². The molecule has 6 nitrogen and oxygen atoms in total. The molecule has 2 aromatic carbocycles. The molecule has 1 heterocycles. The summed E-state index contributed by atoms with van der Waals surface area (Å²) in [5, 5.41) is 5.54. The van der Waals surface area contributed by atoms with E-state index >= 15 is 0 Å². The van der Waals surface area contributed by atoms with Gasteiger partial charge in [-0.3, -0.25) is 9.59 Å². The largest absolute Gasteiger partial charge is 0.441 e. The number of hydrogen-bond acceptors (Lipinski definition) is 4. The highest BCUT2D eigenvalue weighted by Crippen LogP contribution is 2.22. The molecule has 0 saturated heterocycles. The summed E-state index contributed by atoms with van der Waals surface area (Å²) >= 11 is 0. The second-order valence-electron chi connectivity index (χ2n) is 5.58. The highest BCUT2D eigenvalue weighted by Gasteiger charge is 2.11. The molecule has 6 heteroatoms. The van der Waals surface area contributed by atoms with E-state index in [0.717, 1.165) is 11.1 Å². The number of amides is 2. The zero-order valence-electron chi connectivity index (χ0n) is 13.6. The van der Waals surface area contributed by atoms with Gasteiger partial charge in [0.15, 0.2) is 11.5 Å². The number of aromatic nitrogens is 1. The summed E-state index contributed by atoms with van der Waals surface area (Å²) in [6, 6.07) is 10.5. The van der Waals surface area contributed by atoms with Gasteiger partial charge in [-0.15, -0.1) is 0 Å². The highest BCUT2D eigenvalue weighted by molar-refractivity contribution is 6.06. The van der Waals surface area contributed by atoms with Gasteiger partial charge < -0.3 is 15.1 Å². The van der Waals surface area contributed by atoms with Gasteiger partial charge in [0.25, 0.3) is 5.91 Å². The normalized spacial score (nSPS) is 10.6. The fourth-order valence-corrected chi connectivity index (χ4v) is 2.41. The lowest BCUT2D eigenvalue weighted by atomic mass is 10.1. The van der Waals surface area contributed by atoms with Crippen LogP contribution in [0.1, 0.15) is 28.7 Å². The first kappa shape index (κ1) is 15.7. The second-order valence-corrected chi connectivity index (χ2v) is 5.58. The molecule has 2 N–H and O–H groups in total. The van der Waals surface area contributed by atoms with Crippen LogP contribution in [0, 0.1) is 13.8 Å². The van der Waals surface area contributed by atoms with E-state index in [0.29, 0.717) is 28.4 Å². The van der Waals surface area contributed by atoms with E-state index in [1.54, 1.807) is 43.3 Å². The molecule has 24 heavy (non-hydrogen) atoms. The highest BCUT2D eigenvalue weighted by atomic mass is 16.3. The molecule has 0 atom stereocenters. The first-order chi connectivity index (χ1) is 11.4. The third-order valence-electron chi connectivity index (χ3n) is 3.56. The number of oxazole rings is 1. The van der Waals surface area contributed by atoms with Gasteiger partial charge in [0.2, 0.25) is 5.91 Å². The lowest BCUT2D eigenvalue weighted by Crippen LogP contribution is -2.13. The molecule has 0 unspecified atom stereocenters. The molecule has 3 rings (SSSR count). The number of benzene rings is 2. The Balaban J connectivity index is 1.84. The SMILES string of the molecule is CC(=O)Nc1cc(C(=O)Nc2ccc3nc(C)oc3c2)ccc1C. The average molecular weight is 323 g/mol. The van der Waals surface area contributed by atoms with Crippen LogP contribution in [0.4, 0.5) is 11.4 Å². The number of rotatable bonds is 3. The van der Waals surface area contributed by atoms with Crippen molar-refractivity contribution in [3.8, 4) is 0 Å². The van der Waals surface area contributed by atoms with Gasteiger partial charge >= 0.3 is 0 Å². The molecule has 0 bridgehead atoms. The number of hydrogen-bond donors (Lipinski definition) is 2. The Morgan fingerprint density at radius 1 is 1.04 bits per heavy atom. The van der Waals surface area contributed by atoms with Crippen LogP contribution in [0.3, 0.4) is 0 Å². The van der Waals surface area contributed by atoms with E-state index in [4.69, 9.17) is 4.42 Å². The maximum Gasteiger partial charge on any atom is 0.255 e. The van der Waals surface area contributed by atoms with Crippen LogP contribution >= 0.6 is 0 Å². The molecule has 0 aliphatic rings. The van der Waals surface area contributed by atoms with Gasteiger partial charge in [-0.1, -0.05) is 6.07 Å². The molecule has 0 aliphatic carbocycles. The second kappa shape index (κ2) is 6.16. The van der Waals surface area contributed by atoms with Gasteiger partial charge in [0.1, 0.15) is 5.52 Å². The van der Waals surface area contributed by atoms with Crippen molar-refractivity contribution < 1.29 is 14.0 Å². The Morgan fingerprint density at radius 2 is 1.83 bits per heavy atom. The van der Waals surface area contributed by atoms with Crippen molar-refractivity contribution in [3.63, 3.8) is 0 Å². The predicted octanol–water partition coefficient (Wildman–Crippen LogP) is 3.66. The monoisotopic (exact) mass is 323 g/mol. The Kier molecular flexibility index (Phi) is 4.04. The zero-order valence-corrected chi connectivity index (χ0v) is 13.6. The van der Waals surface area contributed by atoms with Gasteiger partial charge in [0.05, 0.1) is 0 Å². The van der Waals surface area contributed by atoms with E-state index in [9.17, 15) is 9.59 Å². The van der Waals surface area contributed by atoms with Crippen molar-refractivity contribution >= 4 is 34.3 Å². The molecule has 0 spiro atoms. The molecule has 0 saturated carbocycles. The first-order valence-corrected chi connectivity index (χ1v) is 7.49. The fraction of sp³-hybridized carbons (Fsp3) is 0.167. The number of carbonyl (C=O) groups is 2. The van der Waals surface area contributed by atoms with E-state index in [2.05, 4.69) is 15.6 Å². The van der Waals surface area contributed by atoms with Crippen molar-refractivity contribution in [2.45, 2.75) is 20.8 Å². The Hall–Kier alpha value is -3.15. The molecular weight excluding hydrogens is 306 g/mol. The summed E-state index contributed by atoms with van der Waals surface area (Å²) in [6.45, 7) is 5.07. The lowest BCUT2D eigenvalue weighted by Gasteiger charge is -2.10. The minimum absolute atomic E-state index is 0.179. The van der Waals surface area contributed by atoms with E-state index in [-0.39, 0.29) is 11.8 Å². The van der Waals surface area contributed by atoms with E-state index in [1.807, 2.05) is 6.92 Å². The Bertz CT molecular complexity index is 944. The van der Waals surface area contributed by atoms with Crippen molar-refractivity contribution in [3.05, 3.63) is 53.4 Å². The van der Waals surface area contributed by atoms with E-state index in [1.165, 1.54) is 6.92 Å². The molecule has 0 radical (unpaired) electrons. The quantitative estimate of drug-likeness (QED) is 0.770. The maximum atomic E-state index is 12.4. The van der Waals surface area contributed by atoms with Gasteiger partial charge in [-0.2, -0.15) is 0 Å². The number of carbonyl (C=O) groups excluding carboxylic acids is 2. The van der Waals surface area contributed by atoms with Crippen molar-refractivity contribution in [2.24, 2.45) is 0 Å². The summed E-state index contributed by atoms with van der Waals surface area (Å²) in [6.07, 6.45) is 0. The topological polar surface area (TPSA) is 84.2 Å². The summed E-state index contributed by atoms with van der Waals surface area (Å²) in [5.41, 5.74) is 3.95. The molecule has 2 amide bonds. The minimum Gasteiger partial charge on any atom is -0.441 e. The van der Waals surface area contributed by atoms with Gasteiger partial charge in [0, 0.05) is 36.9 Å². The molecule has 0 aliphatic heterocycles. The molecule has 122 valence electrons. The van der Waals surface area contributed by atoms with E-state index < -0.39 is 0 Å². The van der Waals surface area contributed by atoms with Crippen LogP contribution in [0.5, 0.6) is 0 Å². The number of anilines is 2. The smallest absolute Gasteiger partial charge is 0.255 e. The number of aryl methyl sites for hydroxylation is 2. The summed E-state index contributed by atoms with van der Waals surface area (Å²) in [4.78, 5) is 27.9. The van der Waals surface area contributed by atoms with Crippen molar-refractivity contribution in [2.75, 3.05) is 10.6 Å². The third-order valence-corrected chi connectivity index (χ3v) is 3.56. The number of nitrogens with one attached hydrogen (secondary N) is 2. The van der Waals surface area contributed by atoms with Crippen molar-refractivity contribution in [1.82, 2.24) is 4.98 Å². The molecule has 3 aromatic rings. The minimum atomic E-state index is -0.266. The van der Waals surface area contributed by atoms with Crippen molar-refractivity contribution in [1.29, 1.82) is 0 Å². The average Bonchev–Trinajstić information content (AvgIpc) is 2.88. The summed E-state index contributed by atoms with van der Waals surface area (Å²) in [7, 11) is 0. The summed E-state index contributed by atoms with van der Waals surface area (Å²) in [5.74, 6) is 0.131. The van der Waals surface area contributed by atoms with Crippen LogP contribution in [-0.4, -0.2) is 16.8 Å². The standard InChI is InChI=1S/C18H17N3O3/c1-10-4-5-13(8-16(10)19-11(2)22)18(23)21-14-6-7-15-17(9-14)24-12(3)20-15/h4-9H,1-3H3,(H,19,22)(H,21,23). The molecule has 0 fully saturated rings. The predicted molar refractivity (Wildman–Crippen MR) is 92.2 cm³/mol. The van der Waals surface area contributed by atoms with Crippen LogP contribution in [0.2, 0.25) is 0 Å². The molecule has 1 aromatic heterocycles. The van der Waals surface area contributed by atoms with Gasteiger partial charge in [-0.05, 0) is 36.8 Å². The van der Waals surface area contributed by atoms with Gasteiger partial charge in [-0.25, -0.2) is 4.98 Å². The molecular formula is C18H17N3O3. The third kappa shape index (κ3) is 3.27. The lowest BCUT2D eigenvalue weighted by molar-refractivity contribution is -0.114.